The average Bonchev–Trinajstić information content (AvgIpc) is 3.60. The molecule has 156 valence electrons. The summed E-state index contributed by atoms with van der Waals surface area (Å²) in [6, 6.07) is 13.6. The van der Waals surface area contributed by atoms with Crippen molar-refractivity contribution in [1.82, 2.24) is 9.55 Å². The maximum atomic E-state index is 13.0. The van der Waals surface area contributed by atoms with Gasteiger partial charge in [0.1, 0.15) is 0 Å². The summed E-state index contributed by atoms with van der Waals surface area (Å²) in [4.78, 5) is 18.3. The highest BCUT2D eigenvalue weighted by molar-refractivity contribution is 7.99. The monoisotopic (exact) mass is 422 g/mol. The zero-order chi connectivity index (χ0) is 21.1. The molecule has 0 amide bonds. The van der Waals surface area contributed by atoms with Gasteiger partial charge in [0.2, 0.25) is 0 Å². The highest BCUT2D eigenvalue weighted by Gasteiger charge is 2.28. The molecule has 0 saturated heterocycles. The van der Waals surface area contributed by atoms with Crippen molar-refractivity contribution in [1.29, 1.82) is 0 Å². The van der Waals surface area contributed by atoms with Gasteiger partial charge in [-0.15, -0.1) is 0 Å². The number of nitrogens with zero attached hydrogens (tertiary/aromatic N) is 2. The van der Waals surface area contributed by atoms with Crippen LogP contribution in [0.1, 0.15) is 25.3 Å². The molecule has 1 heterocycles. The minimum atomic E-state index is -0.166. The molecule has 1 saturated carbocycles. The van der Waals surface area contributed by atoms with Crippen molar-refractivity contribution < 1.29 is 9.47 Å². The van der Waals surface area contributed by atoms with Crippen molar-refractivity contribution in [2.24, 2.45) is 11.8 Å². The second-order valence-electron chi connectivity index (χ2n) is 7.78. The largest absolute Gasteiger partial charge is 0.493 e. The lowest BCUT2D eigenvalue weighted by Crippen LogP contribution is -2.20. The Morgan fingerprint density at radius 1 is 1.17 bits per heavy atom. The maximum absolute atomic E-state index is 13.0. The van der Waals surface area contributed by atoms with Gasteiger partial charge in [-0.25, -0.2) is 4.98 Å². The fourth-order valence-electron chi connectivity index (χ4n) is 3.33. The van der Waals surface area contributed by atoms with Gasteiger partial charge in [-0.2, -0.15) is 0 Å². The van der Waals surface area contributed by atoms with Crippen LogP contribution in [0.2, 0.25) is 0 Å². The molecule has 0 spiro atoms. The molecule has 0 bridgehead atoms. The van der Waals surface area contributed by atoms with E-state index in [1.807, 2.05) is 49.4 Å². The minimum Gasteiger partial charge on any atom is -0.493 e. The molecule has 0 N–H and O–H groups in total. The van der Waals surface area contributed by atoms with Gasteiger partial charge >= 0.3 is 0 Å². The van der Waals surface area contributed by atoms with E-state index in [1.54, 1.807) is 24.1 Å². The maximum Gasteiger partial charge on any atom is 0.287 e. The van der Waals surface area contributed by atoms with Crippen molar-refractivity contribution in [2.75, 3.05) is 13.7 Å². The van der Waals surface area contributed by atoms with E-state index in [0.29, 0.717) is 34.7 Å². The lowest BCUT2D eigenvalue weighted by Gasteiger charge is -2.16. The summed E-state index contributed by atoms with van der Waals surface area (Å²) in [5.74, 6) is 2.64. The van der Waals surface area contributed by atoms with E-state index in [2.05, 4.69) is 11.9 Å². The van der Waals surface area contributed by atoms with E-state index in [9.17, 15) is 4.79 Å². The summed E-state index contributed by atoms with van der Waals surface area (Å²) in [5.41, 5.74) is 1.73. The van der Waals surface area contributed by atoms with E-state index in [-0.39, 0.29) is 5.56 Å². The van der Waals surface area contributed by atoms with Gasteiger partial charge in [0.05, 0.1) is 19.4 Å². The molecule has 1 unspecified atom stereocenters. The lowest BCUT2D eigenvalue weighted by atomic mass is 10.1. The Labute approximate surface area is 181 Å². The Balaban J connectivity index is 1.57. The van der Waals surface area contributed by atoms with E-state index in [4.69, 9.17) is 9.47 Å². The molecule has 1 fully saturated rings. The summed E-state index contributed by atoms with van der Waals surface area (Å²) < 4.78 is 13.1. The van der Waals surface area contributed by atoms with Crippen LogP contribution in [0.15, 0.2) is 69.6 Å². The van der Waals surface area contributed by atoms with Gasteiger partial charge in [0.15, 0.2) is 16.5 Å². The number of methoxy groups -OCH3 is 1. The fraction of sp³-hybridized carbons (Fsp3) is 0.333. The number of ether oxygens (including phenoxy) is 2. The number of benzene rings is 2. The molecular weight excluding hydrogens is 396 g/mol. The smallest absolute Gasteiger partial charge is 0.287 e. The zero-order valence-corrected chi connectivity index (χ0v) is 18.3. The van der Waals surface area contributed by atoms with Crippen LogP contribution in [-0.2, 0) is 0 Å². The van der Waals surface area contributed by atoms with E-state index in [1.165, 1.54) is 30.2 Å². The molecule has 0 aliphatic heterocycles. The van der Waals surface area contributed by atoms with Crippen molar-refractivity contribution in [3.8, 4) is 17.2 Å². The summed E-state index contributed by atoms with van der Waals surface area (Å²) in [7, 11) is 1.62. The van der Waals surface area contributed by atoms with Gasteiger partial charge in [0.25, 0.3) is 5.56 Å². The van der Waals surface area contributed by atoms with Crippen LogP contribution in [0.25, 0.3) is 5.69 Å². The second kappa shape index (κ2) is 8.96. The highest BCUT2D eigenvalue weighted by Crippen LogP contribution is 2.37. The number of aryl methyl sites for hydroxylation is 1. The third-order valence-electron chi connectivity index (χ3n) is 5.40. The first-order chi connectivity index (χ1) is 14.5. The van der Waals surface area contributed by atoms with Crippen molar-refractivity contribution in [2.45, 2.75) is 36.6 Å². The Bertz CT molecular complexity index is 1070. The first-order valence-electron chi connectivity index (χ1n) is 10.2. The average molecular weight is 423 g/mol. The van der Waals surface area contributed by atoms with Gasteiger partial charge in [-0.1, -0.05) is 36.4 Å². The zero-order valence-electron chi connectivity index (χ0n) is 17.5. The molecular formula is C24H26N2O3S. The lowest BCUT2D eigenvalue weighted by molar-refractivity contribution is 0.234. The fourth-order valence-corrected chi connectivity index (χ4v) is 4.13. The SMILES string of the molecule is COc1cc(-n2ccnc(Sc3ccc(C)cc3)c2=O)ccc1OCC(C)C1CC1. The summed E-state index contributed by atoms with van der Waals surface area (Å²) in [6.07, 6.45) is 5.92. The van der Waals surface area contributed by atoms with E-state index < -0.39 is 0 Å². The van der Waals surface area contributed by atoms with Crippen LogP contribution in [0.5, 0.6) is 11.5 Å². The third kappa shape index (κ3) is 4.70. The molecule has 1 aliphatic rings. The third-order valence-corrected chi connectivity index (χ3v) is 6.38. The topological polar surface area (TPSA) is 53.4 Å². The van der Waals surface area contributed by atoms with Gasteiger partial charge < -0.3 is 9.47 Å². The van der Waals surface area contributed by atoms with Crippen LogP contribution in [-0.4, -0.2) is 23.3 Å². The Kier molecular flexibility index (Phi) is 6.13. The molecule has 2 aromatic carbocycles. The predicted molar refractivity (Wildman–Crippen MR) is 119 cm³/mol. The van der Waals surface area contributed by atoms with Crippen molar-refractivity contribution in [3.63, 3.8) is 0 Å². The first kappa shape index (κ1) is 20.5. The van der Waals surface area contributed by atoms with Crippen LogP contribution in [0.3, 0.4) is 0 Å². The quantitative estimate of drug-likeness (QED) is 0.504. The van der Waals surface area contributed by atoms with E-state index >= 15 is 0 Å². The normalized spacial score (nSPS) is 14.4. The molecule has 1 aromatic heterocycles. The molecule has 3 aromatic rings. The second-order valence-corrected chi connectivity index (χ2v) is 8.85. The Hall–Kier alpha value is -2.73. The predicted octanol–water partition coefficient (Wildman–Crippen LogP) is 5.13. The van der Waals surface area contributed by atoms with E-state index in [0.717, 1.165) is 10.8 Å². The molecule has 5 nitrogen and oxygen atoms in total. The Morgan fingerprint density at radius 3 is 2.63 bits per heavy atom. The van der Waals surface area contributed by atoms with Crippen molar-refractivity contribution >= 4 is 11.8 Å². The van der Waals surface area contributed by atoms with Gasteiger partial charge in [-0.05, 0) is 55.9 Å². The first-order valence-corrected chi connectivity index (χ1v) is 11.0. The number of hydrogen-bond donors (Lipinski definition) is 0. The molecule has 6 heteroatoms. The van der Waals surface area contributed by atoms with Gasteiger partial charge in [0, 0.05) is 23.4 Å². The standard InChI is InChI=1S/C24H26N2O3S/c1-16-4-9-20(10-5-16)30-23-24(27)26(13-12-25-23)19-8-11-21(22(14-19)28-3)29-15-17(2)18-6-7-18/h4-5,8-14,17-18H,6-7,15H2,1-3H3. The van der Waals surface area contributed by atoms with Crippen LogP contribution < -0.4 is 15.0 Å². The molecule has 30 heavy (non-hydrogen) atoms. The highest BCUT2D eigenvalue weighted by atomic mass is 32.2. The summed E-state index contributed by atoms with van der Waals surface area (Å²) >= 11 is 1.36. The number of aromatic nitrogens is 2. The van der Waals surface area contributed by atoms with Gasteiger partial charge in [-0.3, -0.25) is 9.36 Å². The molecule has 0 radical (unpaired) electrons. The summed E-state index contributed by atoms with van der Waals surface area (Å²) in [6.45, 7) is 4.94. The molecule has 1 atom stereocenters. The minimum absolute atomic E-state index is 0.166. The number of hydrogen-bond acceptors (Lipinski definition) is 5. The van der Waals surface area contributed by atoms with Crippen LogP contribution in [0, 0.1) is 18.8 Å². The number of rotatable bonds is 8. The van der Waals surface area contributed by atoms with Crippen LogP contribution in [0.4, 0.5) is 0 Å². The molecule has 4 rings (SSSR count). The van der Waals surface area contributed by atoms with Crippen molar-refractivity contribution in [3.05, 3.63) is 70.8 Å². The summed E-state index contributed by atoms with van der Waals surface area (Å²) in [5, 5.41) is 0.430. The van der Waals surface area contributed by atoms with Crippen LogP contribution >= 0.6 is 11.8 Å². The Morgan fingerprint density at radius 2 is 1.93 bits per heavy atom. The molecule has 1 aliphatic carbocycles.